The summed E-state index contributed by atoms with van der Waals surface area (Å²) in [4.78, 5) is 4.42. The van der Waals surface area contributed by atoms with Crippen LogP contribution in [0.5, 0.6) is 0 Å². The maximum atomic E-state index is 4.42. The minimum Gasteiger partial charge on any atom is -0.225 e. The molecule has 0 saturated heterocycles. The summed E-state index contributed by atoms with van der Waals surface area (Å²) in [6.07, 6.45) is 7.74. The third-order valence-electron chi connectivity index (χ3n) is 2.79. The number of rotatable bonds is 5. The molecule has 0 amide bonds. The molecule has 1 rings (SSSR count). The lowest BCUT2D eigenvalue weighted by molar-refractivity contribution is -0.678. The Labute approximate surface area is 109 Å². The van der Waals surface area contributed by atoms with Crippen molar-refractivity contribution < 1.29 is 4.57 Å². The van der Waals surface area contributed by atoms with Gasteiger partial charge in [-0.2, -0.15) is 10.1 Å². The van der Waals surface area contributed by atoms with Crippen LogP contribution in [-0.2, 0) is 13.5 Å². The van der Waals surface area contributed by atoms with Crippen molar-refractivity contribution in [3.63, 3.8) is 0 Å². The van der Waals surface area contributed by atoms with Crippen LogP contribution in [0.1, 0.15) is 32.9 Å². The molecule has 0 atom stereocenters. The summed E-state index contributed by atoms with van der Waals surface area (Å²) in [6, 6.07) is 0. The van der Waals surface area contributed by atoms with E-state index in [4.69, 9.17) is 0 Å². The molecule has 0 radical (unpaired) electrons. The molecule has 5 heteroatoms. The first kappa shape index (κ1) is 14.3. The molecule has 0 aromatic carbocycles. The highest BCUT2D eigenvalue weighted by Crippen LogP contribution is 2.12. The molecule has 5 nitrogen and oxygen atoms in total. The summed E-state index contributed by atoms with van der Waals surface area (Å²) in [7, 11) is 3.67. The number of allylic oxidation sites excluding steroid dienone is 1. The van der Waals surface area contributed by atoms with Crippen LogP contribution in [0.4, 0.5) is 5.82 Å². The molecule has 98 valence electrons. The largest absolute Gasteiger partial charge is 0.225 e. The Morgan fingerprint density at radius 3 is 2.72 bits per heavy atom. The van der Waals surface area contributed by atoms with Crippen molar-refractivity contribution in [3.05, 3.63) is 29.9 Å². The molecular formula is C13H22N5+. The Morgan fingerprint density at radius 1 is 1.50 bits per heavy atom. The molecule has 0 aliphatic heterocycles. The third-order valence-corrected chi connectivity index (χ3v) is 2.79. The monoisotopic (exact) mass is 248 g/mol. The molecule has 1 heterocycles. The summed E-state index contributed by atoms with van der Waals surface area (Å²) in [5.74, 6) is 0.771. The lowest BCUT2D eigenvalue weighted by Crippen LogP contribution is -2.34. The van der Waals surface area contributed by atoms with E-state index in [-0.39, 0.29) is 0 Å². The summed E-state index contributed by atoms with van der Waals surface area (Å²) in [5.41, 5.74) is 2.41. The molecule has 0 spiro atoms. The average molecular weight is 248 g/mol. The van der Waals surface area contributed by atoms with Crippen molar-refractivity contribution >= 4 is 5.82 Å². The second kappa shape index (κ2) is 6.83. The molecule has 18 heavy (non-hydrogen) atoms. The average Bonchev–Trinajstić information content (AvgIpc) is 2.38. The Hall–Kier alpha value is -1.78. The maximum absolute atomic E-state index is 4.42. The van der Waals surface area contributed by atoms with Gasteiger partial charge in [-0.25, -0.2) is 9.55 Å². The van der Waals surface area contributed by atoms with Gasteiger partial charge < -0.3 is 0 Å². The van der Waals surface area contributed by atoms with E-state index >= 15 is 0 Å². The van der Waals surface area contributed by atoms with Crippen LogP contribution in [0.3, 0.4) is 0 Å². The number of hydrogen-bond donors (Lipinski definition) is 0. The van der Waals surface area contributed by atoms with Crippen molar-refractivity contribution in [2.75, 3.05) is 12.1 Å². The van der Waals surface area contributed by atoms with Crippen LogP contribution in [-0.4, -0.2) is 12.0 Å². The fourth-order valence-electron chi connectivity index (χ4n) is 1.51. The molecular weight excluding hydrogens is 226 g/mol. The van der Waals surface area contributed by atoms with E-state index in [2.05, 4.69) is 40.7 Å². The normalized spacial score (nSPS) is 12.2. The zero-order chi connectivity index (χ0) is 13.5. The van der Waals surface area contributed by atoms with Gasteiger partial charge in [-0.15, -0.1) is 0 Å². The Bertz CT molecular complexity index is 451. The van der Waals surface area contributed by atoms with Gasteiger partial charge in [-0.3, -0.25) is 0 Å². The van der Waals surface area contributed by atoms with E-state index in [1.807, 2.05) is 25.6 Å². The van der Waals surface area contributed by atoms with Crippen LogP contribution in [0.25, 0.3) is 0 Å². The summed E-state index contributed by atoms with van der Waals surface area (Å²) < 4.78 is 2.07. The van der Waals surface area contributed by atoms with E-state index in [0.29, 0.717) is 0 Å². The smallest absolute Gasteiger partial charge is 0.220 e. The SMILES string of the molecule is CCC(C)=CN(N=NC)c1c[n+](C)c(CC)cn1. The van der Waals surface area contributed by atoms with Crippen LogP contribution in [0, 0.1) is 0 Å². The van der Waals surface area contributed by atoms with Gasteiger partial charge in [0.2, 0.25) is 12.0 Å². The Morgan fingerprint density at radius 2 is 2.22 bits per heavy atom. The number of anilines is 1. The number of hydrogen-bond acceptors (Lipinski definition) is 3. The number of nitrogens with zero attached hydrogens (tertiary/aromatic N) is 5. The van der Waals surface area contributed by atoms with Crippen molar-refractivity contribution in [1.82, 2.24) is 4.98 Å². The number of aromatic nitrogens is 2. The summed E-state index contributed by atoms with van der Waals surface area (Å²) in [6.45, 7) is 6.29. The first-order chi connectivity index (χ1) is 8.62. The third kappa shape index (κ3) is 3.61. The minimum absolute atomic E-state index is 0.771. The van der Waals surface area contributed by atoms with Gasteiger partial charge in [0.05, 0.1) is 13.2 Å². The molecule has 0 fully saturated rings. The Kier molecular flexibility index (Phi) is 5.42. The van der Waals surface area contributed by atoms with E-state index in [1.165, 1.54) is 11.3 Å². The van der Waals surface area contributed by atoms with Gasteiger partial charge in [0.1, 0.15) is 7.05 Å². The molecule has 0 aliphatic rings. The highest BCUT2D eigenvalue weighted by molar-refractivity contribution is 5.37. The van der Waals surface area contributed by atoms with Crippen LogP contribution < -0.4 is 9.58 Å². The predicted octanol–water partition coefficient (Wildman–Crippen LogP) is 2.59. The van der Waals surface area contributed by atoms with Crippen molar-refractivity contribution in [3.8, 4) is 0 Å². The van der Waals surface area contributed by atoms with Gasteiger partial charge in [0.15, 0.2) is 5.69 Å². The van der Waals surface area contributed by atoms with Crippen LogP contribution in [0.15, 0.2) is 34.5 Å². The topological polar surface area (TPSA) is 44.7 Å². The van der Waals surface area contributed by atoms with E-state index < -0.39 is 0 Å². The molecule has 1 aromatic rings. The molecule has 0 unspecified atom stereocenters. The summed E-state index contributed by atoms with van der Waals surface area (Å²) >= 11 is 0. The van der Waals surface area contributed by atoms with Gasteiger partial charge >= 0.3 is 0 Å². The van der Waals surface area contributed by atoms with Crippen molar-refractivity contribution in [2.45, 2.75) is 33.6 Å². The van der Waals surface area contributed by atoms with Gasteiger partial charge in [0.25, 0.3) is 0 Å². The van der Waals surface area contributed by atoms with Crippen LogP contribution >= 0.6 is 0 Å². The lowest BCUT2D eigenvalue weighted by Gasteiger charge is -2.11. The molecule has 1 aromatic heterocycles. The molecule has 0 bridgehead atoms. The lowest BCUT2D eigenvalue weighted by atomic mass is 10.2. The highest BCUT2D eigenvalue weighted by atomic mass is 15.5. The van der Waals surface area contributed by atoms with Crippen molar-refractivity contribution in [1.29, 1.82) is 0 Å². The summed E-state index contributed by atoms with van der Waals surface area (Å²) in [5, 5.41) is 9.62. The van der Waals surface area contributed by atoms with E-state index in [9.17, 15) is 0 Å². The maximum Gasteiger partial charge on any atom is 0.220 e. The molecule has 0 aliphatic carbocycles. The van der Waals surface area contributed by atoms with Gasteiger partial charge in [0, 0.05) is 12.6 Å². The van der Waals surface area contributed by atoms with E-state index in [0.717, 1.165) is 18.7 Å². The quantitative estimate of drug-likeness (QED) is 0.457. The van der Waals surface area contributed by atoms with Crippen LogP contribution in [0.2, 0.25) is 0 Å². The molecule has 0 N–H and O–H groups in total. The Balaban J connectivity index is 3.10. The standard InChI is InChI=1S/C13H22N5/c1-6-11(3)9-18(16-14-4)13-10-17(5)12(7-2)8-15-13/h8-10H,6-7H2,1-5H3/q+1. The fourth-order valence-corrected chi connectivity index (χ4v) is 1.51. The predicted molar refractivity (Wildman–Crippen MR) is 72.1 cm³/mol. The van der Waals surface area contributed by atoms with E-state index in [1.54, 1.807) is 12.1 Å². The minimum atomic E-state index is 0.771. The first-order valence-corrected chi connectivity index (χ1v) is 6.23. The second-order valence-electron chi connectivity index (χ2n) is 4.16. The van der Waals surface area contributed by atoms with Gasteiger partial charge in [-0.1, -0.05) is 24.6 Å². The van der Waals surface area contributed by atoms with Gasteiger partial charge in [-0.05, 0) is 13.3 Å². The highest BCUT2D eigenvalue weighted by Gasteiger charge is 2.12. The fraction of sp³-hybridized carbons (Fsp3) is 0.538. The zero-order valence-electron chi connectivity index (χ0n) is 11.9. The number of aryl methyl sites for hydroxylation is 2. The second-order valence-corrected chi connectivity index (χ2v) is 4.16. The zero-order valence-corrected chi connectivity index (χ0v) is 11.9. The van der Waals surface area contributed by atoms with Crippen molar-refractivity contribution in [2.24, 2.45) is 17.4 Å². The molecule has 0 saturated carbocycles. The first-order valence-electron chi connectivity index (χ1n) is 6.23.